The van der Waals surface area contributed by atoms with Gasteiger partial charge in [-0.25, -0.2) is 4.79 Å². The number of ether oxygens (including phenoxy) is 1. The lowest BCUT2D eigenvalue weighted by atomic mass is 9.98. The largest absolute Gasteiger partial charge is 0.443 e. The molecule has 0 bridgehead atoms. The summed E-state index contributed by atoms with van der Waals surface area (Å²) in [5.41, 5.74) is -1.18. The highest BCUT2D eigenvalue weighted by molar-refractivity contribution is 5.89. The lowest BCUT2D eigenvalue weighted by Gasteiger charge is -2.28. The third-order valence-electron chi connectivity index (χ3n) is 3.80. The van der Waals surface area contributed by atoms with E-state index in [2.05, 4.69) is 0 Å². The van der Waals surface area contributed by atoms with E-state index in [0.717, 1.165) is 6.07 Å². The Kier molecular flexibility index (Phi) is 4.86. The van der Waals surface area contributed by atoms with Crippen molar-refractivity contribution in [2.24, 2.45) is 0 Å². The molecule has 1 aromatic carbocycles. The summed E-state index contributed by atoms with van der Waals surface area (Å²) in [7, 11) is 0. The van der Waals surface area contributed by atoms with Gasteiger partial charge in [-0.1, -0.05) is 6.07 Å². The fraction of sp³-hybridized carbons (Fsp3) is 0.588. The maximum absolute atomic E-state index is 13.2. The van der Waals surface area contributed by atoms with Crippen molar-refractivity contribution in [1.29, 1.82) is 0 Å². The average Bonchev–Trinajstić information content (AvgIpc) is 2.54. The van der Waals surface area contributed by atoms with E-state index >= 15 is 0 Å². The molecular weight excluding hydrogens is 323 g/mol. The Morgan fingerprint density at radius 2 is 1.92 bits per heavy atom. The number of alkyl halides is 3. The molecule has 1 amide bonds. The van der Waals surface area contributed by atoms with Gasteiger partial charge >= 0.3 is 12.3 Å². The summed E-state index contributed by atoms with van der Waals surface area (Å²) in [5.74, 6) is 0. The molecule has 0 unspecified atom stereocenters. The van der Waals surface area contributed by atoms with E-state index in [1.54, 1.807) is 20.8 Å². The first-order valence-electron chi connectivity index (χ1n) is 7.80. The van der Waals surface area contributed by atoms with E-state index in [-0.39, 0.29) is 17.8 Å². The van der Waals surface area contributed by atoms with Crippen LogP contribution in [0.4, 0.5) is 23.7 Å². The van der Waals surface area contributed by atoms with Gasteiger partial charge in [0.2, 0.25) is 0 Å². The van der Waals surface area contributed by atoms with Crippen molar-refractivity contribution in [3.05, 3.63) is 28.8 Å². The second kappa shape index (κ2) is 6.27. The summed E-state index contributed by atoms with van der Waals surface area (Å²) < 4.78 is 45.0. The summed E-state index contributed by atoms with van der Waals surface area (Å²) >= 11 is 0. The number of rotatable bonds is 0. The number of hydrogen-bond donors (Lipinski definition) is 1. The van der Waals surface area contributed by atoms with Crippen LogP contribution in [0.2, 0.25) is 0 Å². The Morgan fingerprint density at radius 1 is 1.29 bits per heavy atom. The van der Waals surface area contributed by atoms with Gasteiger partial charge in [0.05, 0.1) is 17.4 Å². The van der Waals surface area contributed by atoms with E-state index in [9.17, 15) is 23.1 Å². The third kappa shape index (κ3) is 4.01. The first-order chi connectivity index (χ1) is 10.9. The van der Waals surface area contributed by atoms with Crippen molar-refractivity contribution in [2.75, 3.05) is 11.4 Å². The first-order valence-corrected chi connectivity index (χ1v) is 7.80. The maximum Gasteiger partial charge on any atom is 0.416 e. The van der Waals surface area contributed by atoms with Crippen LogP contribution >= 0.6 is 0 Å². The molecule has 1 atom stereocenters. The molecule has 1 heterocycles. The van der Waals surface area contributed by atoms with Gasteiger partial charge in [-0.05, 0) is 52.2 Å². The number of carbonyl (C=O) groups is 1. The minimum Gasteiger partial charge on any atom is -0.443 e. The fourth-order valence-corrected chi connectivity index (χ4v) is 2.75. The van der Waals surface area contributed by atoms with E-state index in [1.165, 1.54) is 17.9 Å². The molecule has 2 rings (SSSR count). The standard InChI is InChI=1S/C17H22F3NO3/c1-10-8-11-13(9-12(10)17(18,19)20)21(7-5-6-14(11)22)15(23)24-16(2,3)4/h8-9,14,22H,5-7H2,1-4H3/t14-/m1/s1. The molecule has 1 aromatic rings. The molecule has 24 heavy (non-hydrogen) atoms. The molecule has 0 fully saturated rings. The lowest BCUT2D eigenvalue weighted by molar-refractivity contribution is -0.138. The van der Waals surface area contributed by atoms with E-state index < -0.39 is 29.5 Å². The number of fused-ring (bicyclic) bond motifs is 1. The number of nitrogens with zero attached hydrogens (tertiary/aromatic N) is 1. The van der Waals surface area contributed by atoms with Crippen LogP contribution in [-0.4, -0.2) is 23.3 Å². The molecule has 0 spiro atoms. The number of benzene rings is 1. The Bertz CT molecular complexity index is 635. The number of amides is 1. The van der Waals surface area contributed by atoms with Gasteiger partial charge in [0.15, 0.2) is 0 Å². The lowest BCUT2D eigenvalue weighted by Crippen LogP contribution is -2.37. The monoisotopic (exact) mass is 345 g/mol. The zero-order valence-corrected chi connectivity index (χ0v) is 14.2. The minimum absolute atomic E-state index is 0.0198. The highest BCUT2D eigenvalue weighted by Gasteiger charge is 2.36. The van der Waals surface area contributed by atoms with Crippen LogP contribution in [0, 0.1) is 6.92 Å². The van der Waals surface area contributed by atoms with Crippen LogP contribution in [0.25, 0.3) is 0 Å². The van der Waals surface area contributed by atoms with Crippen LogP contribution in [0.15, 0.2) is 12.1 Å². The summed E-state index contributed by atoms with van der Waals surface area (Å²) in [6, 6.07) is 2.24. The Balaban J connectivity index is 2.55. The first kappa shape index (κ1) is 18.6. The van der Waals surface area contributed by atoms with Crippen molar-refractivity contribution in [3.8, 4) is 0 Å². The van der Waals surface area contributed by atoms with Gasteiger partial charge in [-0.3, -0.25) is 4.90 Å². The molecular formula is C17H22F3NO3. The molecule has 1 aliphatic rings. The number of aliphatic hydroxyl groups excluding tert-OH is 1. The molecule has 0 aromatic heterocycles. The van der Waals surface area contributed by atoms with Gasteiger partial charge in [0, 0.05) is 12.1 Å². The second-order valence-corrected chi connectivity index (χ2v) is 7.01. The van der Waals surface area contributed by atoms with Crippen LogP contribution in [0.1, 0.15) is 56.4 Å². The van der Waals surface area contributed by atoms with Crippen LogP contribution in [-0.2, 0) is 10.9 Å². The Hall–Kier alpha value is -1.76. The van der Waals surface area contributed by atoms with Gasteiger partial charge in [0.25, 0.3) is 0 Å². The summed E-state index contributed by atoms with van der Waals surface area (Å²) in [5, 5.41) is 10.2. The molecule has 0 radical (unpaired) electrons. The summed E-state index contributed by atoms with van der Waals surface area (Å²) in [6.07, 6.45) is -5.31. The minimum atomic E-state index is -4.53. The van der Waals surface area contributed by atoms with Crippen molar-refractivity contribution >= 4 is 11.8 Å². The maximum atomic E-state index is 13.2. The molecule has 134 valence electrons. The van der Waals surface area contributed by atoms with Gasteiger partial charge in [-0.15, -0.1) is 0 Å². The van der Waals surface area contributed by atoms with Gasteiger partial charge < -0.3 is 9.84 Å². The van der Waals surface area contributed by atoms with Crippen molar-refractivity contribution in [3.63, 3.8) is 0 Å². The average molecular weight is 345 g/mol. The zero-order chi connectivity index (χ0) is 18.3. The van der Waals surface area contributed by atoms with Crippen molar-refractivity contribution in [1.82, 2.24) is 0 Å². The van der Waals surface area contributed by atoms with E-state index in [4.69, 9.17) is 4.74 Å². The SMILES string of the molecule is Cc1cc2c(cc1C(F)(F)F)N(C(=O)OC(C)(C)C)CCC[C@H]2O. The van der Waals surface area contributed by atoms with Crippen molar-refractivity contribution < 1.29 is 27.8 Å². The number of hydrogen-bond acceptors (Lipinski definition) is 3. The van der Waals surface area contributed by atoms with Crippen LogP contribution in [0.5, 0.6) is 0 Å². The van der Waals surface area contributed by atoms with Gasteiger partial charge in [-0.2, -0.15) is 13.2 Å². The van der Waals surface area contributed by atoms with Gasteiger partial charge in [0.1, 0.15) is 5.60 Å². The number of aliphatic hydroxyl groups is 1. The van der Waals surface area contributed by atoms with E-state index in [0.29, 0.717) is 18.4 Å². The van der Waals surface area contributed by atoms with Crippen LogP contribution in [0.3, 0.4) is 0 Å². The smallest absolute Gasteiger partial charge is 0.416 e. The van der Waals surface area contributed by atoms with E-state index in [1.807, 2.05) is 0 Å². The quantitative estimate of drug-likeness (QED) is 0.749. The van der Waals surface area contributed by atoms with Crippen LogP contribution < -0.4 is 4.90 Å². The number of anilines is 1. The molecule has 4 nitrogen and oxygen atoms in total. The molecule has 0 saturated heterocycles. The van der Waals surface area contributed by atoms with Crippen molar-refractivity contribution in [2.45, 2.75) is 58.4 Å². The predicted molar refractivity (Wildman–Crippen MR) is 84.0 cm³/mol. The Labute approximate surface area is 139 Å². The Morgan fingerprint density at radius 3 is 2.46 bits per heavy atom. The molecule has 1 N–H and O–H groups in total. The molecule has 0 aliphatic carbocycles. The summed E-state index contributed by atoms with van der Waals surface area (Å²) in [4.78, 5) is 13.6. The fourth-order valence-electron chi connectivity index (χ4n) is 2.75. The summed E-state index contributed by atoms with van der Waals surface area (Å²) in [6.45, 7) is 6.61. The molecule has 0 saturated carbocycles. The highest BCUT2D eigenvalue weighted by atomic mass is 19.4. The predicted octanol–water partition coefficient (Wildman–Crippen LogP) is 4.58. The molecule has 7 heteroatoms. The third-order valence-corrected chi connectivity index (χ3v) is 3.80. The zero-order valence-electron chi connectivity index (χ0n) is 14.2. The molecule has 1 aliphatic heterocycles. The topological polar surface area (TPSA) is 49.8 Å². The second-order valence-electron chi connectivity index (χ2n) is 7.01. The number of carbonyl (C=O) groups excluding carboxylic acids is 1. The highest BCUT2D eigenvalue weighted by Crippen LogP contribution is 2.40. The number of halogens is 3. The number of aryl methyl sites for hydroxylation is 1. The normalized spacial score (nSPS) is 18.8.